The molecule has 0 saturated heterocycles. The van der Waals surface area contributed by atoms with Gasteiger partial charge in [-0.15, -0.1) is 0 Å². The molecule has 15 heteroatoms. The number of hydrogen-bond acceptors (Lipinski definition) is 6. The molecular formula is C24H19F6N5O4. The number of anilines is 5. The van der Waals surface area contributed by atoms with Crippen molar-refractivity contribution in [1.29, 1.82) is 0 Å². The first kappa shape index (κ1) is 28.7. The topological polar surface area (TPSA) is 132 Å². The van der Waals surface area contributed by atoms with Gasteiger partial charge in [-0.1, -0.05) is 12.1 Å². The number of aliphatic carboxylic acids is 1. The molecule has 4 rings (SSSR count). The van der Waals surface area contributed by atoms with Crippen LogP contribution in [-0.4, -0.2) is 41.1 Å². The van der Waals surface area contributed by atoms with Gasteiger partial charge in [0.25, 0.3) is 5.91 Å². The first-order valence-corrected chi connectivity index (χ1v) is 10.8. The standard InChI is InChI=1S/C22H18F3N5O2.C2HF3O2/c1-26-21(32)14-4-2-3-5-17(14)29-18-10-19(27-11-15(18)22(23,24)25)28-13-6-7-16-12(8-13)9-20(31)30-16;3-2(4,5)1(6)7/h2-8,10-11H,9H2,1H3,(H,26,32)(H,30,31)(H2,27,28,29);(H,6,7). The molecule has 0 fully saturated rings. The number of carbonyl (C=O) groups is 3. The molecule has 1 aliphatic rings. The van der Waals surface area contributed by atoms with Crippen LogP contribution < -0.4 is 21.3 Å². The van der Waals surface area contributed by atoms with Gasteiger partial charge < -0.3 is 26.4 Å². The lowest BCUT2D eigenvalue weighted by atomic mass is 10.1. The Bertz CT molecular complexity index is 1410. The van der Waals surface area contributed by atoms with E-state index in [1.54, 1.807) is 30.3 Å². The molecule has 2 amide bonds. The van der Waals surface area contributed by atoms with Gasteiger partial charge in [-0.05, 0) is 35.9 Å². The van der Waals surface area contributed by atoms with Gasteiger partial charge in [-0.25, -0.2) is 9.78 Å². The Hall–Kier alpha value is -4.82. The van der Waals surface area contributed by atoms with Crippen molar-refractivity contribution in [3.8, 4) is 0 Å². The molecule has 9 nitrogen and oxygen atoms in total. The van der Waals surface area contributed by atoms with E-state index in [-0.39, 0.29) is 35.1 Å². The molecule has 0 aliphatic carbocycles. The highest BCUT2D eigenvalue weighted by Gasteiger charge is 2.38. The third-order valence-electron chi connectivity index (χ3n) is 5.12. The van der Waals surface area contributed by atoms with Gasteiger partial charge in [-0.2, -0.15) is 26.3 Å². The van der Waals surface area contributed by atoms with E-state index >= 15 is 0 Å². The second-order valence-electron chi connectivity index (χ2n) is 7.89. The molecule has 5 N–H and O–H groups in total. The number of nitrogens with one attached hydrogen (secondary N) is 4. The fourth-order valence-electron chi connectivity index (χ4n) is 3.38. The number of halogens is 6. The largest absolute Gasteiger partial charge is 0.490 e. The second-order valence-corrected chi connectivity index (χ2v) is 7.89. The number of carbonyl (C=O) groups excluding carboxylic acids is 2. The van der Waals surface area contributed by atoms with Gasteiger partial charge in [-0.3, -0.25) is 9.59 Å². The third-order valence-corrected chi connectivity index (χ3v) is 5.12. The van der Waals surface area contributed by atoms with E-state index in [1.165, 1.54) is 25.2 Å². The Balaban J connectivity index is 0.000000532. The molecule has 3 aromatic rings. The van der Waals surface area contributed by atoms with Crippen LogP contribution in [0, 0.1) is 0 Å². The summed E-state index contributed by atoms with van der Waals surface area (Å²) in [5.41, 5.74) is 1.24. The summed E-state index contributed by atoms with van der Waals surface area (Å²) in [5, 5.41) is 18.0. The van der Waals surface area contributed by atoms with Crippen molar-refractivity contribution in [1.82, 2.24) is 10.3 Å². The summed E-state index contributed by atoms with van der Waals surface area (Å²) < 4.78 is 72.5. The van der Waals surface area contributed by atoms with Crippen LogP contribution in [0.1, 0.15) is 21.5 Å². The smallest absolute Gasteiger partial charge is 0.475 e. The fraction of sp³-hybridized carbons (Fsp3) is 0.167. The Morgan fingerprint density at radius 1 is 0.974 bits per heavy atom. The monoisotopic (exact) mass is 555 g/mol. The lowest BCUT2D eigenvalue weighted by molar-refractivity contribution is -0.192. The minimum atomic E-state index is -5.08. The van der Waals surface area contributed by atoms with E-state index in [4.69, 9.17) is 9.90 Å². The molecule has 39 heavy (non-hydrogen) atoms. The van der Waals surface area contributed by atoms with Crippen LogP contribution in [0.25, 0.3) is 0 Å². The average Bonchev–Trinajstić information content (AvgIpc) is 3.22. The zero-order chi connectivity index (χ0) is 29.0. The van der Waals surface area contributed by atoms with E-state index in [1.807, 2.05) is 0 Å². The summed E-state index contributed by atoms with van der Waals surface area (Å²) in [6.45, 7) is 0. The molecule has 0 unspecified atom stereocenters. The highest BCUT2D eigenvalue weighted by Crippen LogP contribution is 2.38. The minimum absolute atomic E-state index is 0.119. The van der Waals surface area contributed by atoms with Crippen molar-refractivity contribution in [3.63, 3.8) is 0 Å². The molecule has 0 radical (unpaired) electrons. The average molecular weight is 555 g/mol. The van der Waals surface area contributed by atoms with Crippen LogP contribution in [0.3, 0.4) is 0 Å². The Labute approximate surface area is 216 Å². The van der Waals surface area contributed by atoms with Crippen LogP contribution in [0.2, 0.25) is 0 Å². The van der Waals surface area contributed by atoms with Crippen LogP contribution in [0.5, 0.6) is 0 Å². The lowest BCUT2D eigenvalue weighted by Crippen LogP contribution is -2.21. The number of benzene rings is 2. The molecule has 1 aliphatic heterocycles. The summed E-state index contributed by atoms with van der Waals surface area (Å²) in [6.07, 6.45) is -8.78. The van der Waals surface area contributed by atoms with Gasteiger partial charge in [0.2, 0.25) is 5.91 Å². The summed E-state index contributed by atoms with van der Waals surface area (Å²) in [4.78, 5) is 36.4. The van der Waals surface area contributed by atoms with Crippen molar-refractivity contribution in [3.05, 3.63) is 71.4 Å². The molecule has 1 aromatic heterocycles. The van der Waals surface area contributed by atoms with Crippen molar-refractivity contribution < 1.29 is 45.8 Å². The second kappa shape index (κ2) is 11.3. The van der Waals surface area contributed by atoms with Crippen LogP contribution in [0.15, 0.2) is 54.7 Å². The first-order valence-electron chi connectivity index (χ1n) is 10.8. The number of rotatable bonds is 5. The van der Waals surface area contributed by atoms with Gasteiger partial charge in [0, 0.05) is 30.7 Å². The maximum absolute atomic E-state index is 13.6. The number of carboxylic acid groups (broad SMARTS) is 1. The van der Waals surface area contributed by atoms with E-state index in [0.29, 0.717) is 11.4 Å². The van der Waals surface area contributed by atoms with Crippen LogP contribution in [0.4, 0.5) is 54.9 Å². The zero-order valence-corrected chi connectivity index (χ0v) is 19.8. The number of nitrogens with zero attached hydrogens (tertiary/aromatic N) is 1. The highest BCUT2D eigenvalue weighted by atomic mass is 19.4. The van der Waals surface area contributed by atoms with Crippen molar-refractivity contribution >= 4 is 46.4 Å². The maximum Gasteiger partial charge on any atom is 0.490 e. The van der Waals surface area contributed by atoms with E-state index in [9.17, 15) is 35.9 Å². The molecule has 0 bridgehead atoms. The highest BCUT2D eigenvalue weighted by molar-refractivity contribution is 6.00. The summed E-state index contributed by atoms with van der Waals surface area (Å²) in [6, 6.07) is 12.6. The molecule has 2 heterocycles. The molecule has 0 spiro atoms. The lowest BCUT2D eigenvalue weighted by Gasteiger charge is -2.17. The number of aromatic nitrogens is 1. The third kappa shape index (κ3) is 7.37. The van der Waals surface area contributed by atoms with E-state index in [2.05, 4.69) is 26.3 Å². The maximum atomic E-state index is 13.6. The Morgan fingerprint density at radius 2 is 1.64 bits per heavy atom. The van der Waals surface area contributed by atoms with E-state index < -0.39 is 29.8 Å². The van der Waals surface area contributed by atoms with Crippen LogP contribution in [-0.2, 0) is 22.2 Å². The Morgan fingerprint density at radius 3 is 2.26 bits per heavy atom. The number of alkyl halides is 6. The van der Waals surface area contributed by atoms with Crippen molar-refractivity contribution in [2.45, 2.75) is 18.8 Å². The Kier molecular flexibility index (Phi) is 8.32. The SMILES string of the molecule is CNC(=O)c1ccccc1Nc1cc(Nc2ccc3c(c2)CC(=O)N3)ncc1C(F)(F)F.O=C(O)C(F)(F)F. The van der Waals surface area contributed by atoms with Crippen LogP contribution >= 0.6 is 0 Å². The molecule has 0 saturated carbocycles. The summed E-state index contributed by atoms with van der Waals surface area (Å²) >= 11 is 0. The predicted molar refractivity (Wildman–Crippen MR) is 128 cm³/mol. The number of fused-ring (bicyclic) bond motifs is 1. The number of carboxylic acids is 1. The molecule has 2 aromatic carbocycles. The van der Waals surface area contributed by atoms with Gasteiger partial charge in [0.05, 0.1) is 28.9 Å². The first-order chi connectivity index (χ1) is 18.2. The summed E-state index contributed by atoms with van der Waals surface area (Å²) in [5.74, 6) is -3.15. The zero-order valence-electron chi connectivity index (χ0n) is 19.8. The van der Waals surface area contributed by atoms with Crippen molar-refractivity contribution in [2.75, 3.05) is 23.0 Å². The quantitative estimate of drug-likeness (QED) is 0.278. The van der Waals surface area contributed by atoms with Gasteiger partial charge in [0.1, 0.15) is 5.82 Å². The van der Waals surface area contributed by atoms with Crippen molar-refractivity contribution in [2.24, 2.45) is 0 Å². The molecule has 0 atom stereocenters. The molecule has 206 valence electrons. The normalized spacial score (nSPS) is 12.4. The van der Waals surface area contributed by atoms with E-state index in [0.717, 1.165) is 11.8 Å². The summed E-state index contributed by atoms with van der Waals surface area (Å²) in [7, 11) is 1.44. The number of para-hydroxylation sites is 1. The predicted octanol–water partition coefficient (Wildman–Crippen LogP) is 5.08. The molecular weight excluding hydrogens is 536 g/mol. The number of pyridine rings is 1. The number of amides is 2. The fourth-order valence-corrected chi connectivity index (χ4v) is 3.38. The van der Waals surface area contributed by atoms with Gasteiger partial charge >= 0.3 is 18.3 Å². The number of hydrogen-bond donors (Lipinski definition) is 5. The minimum Gasteiger partial charge on any atom is -0.475 e. The van der Waals surface area contributed by atoms with Gasteiger partial charge in [0.15, 0.2) is 0 Å².